The third-order valence-electron chi connectivity index (χ3n) is 3.96. The van der Waals surface area contributed by atoms with Gasteiger partial charge in [-0.1, -0.05) is 41.4 Å². The largest absolute Gasteiger partial charge is 0.471 e. The Morgan fingerprint density at radius 3 is 2.33 bits per heavy atom. The number of fused-ring (bicyclic) bond motifs is 1. The molecule has 30 heavy (non-hydrogen) atoms. The summed E-state index contributed by atoms with van der Waals surface area (Å²) in [6.07, 6.45) is -4.97. The van der Waals surface area contributed by atoms with Gasteiger partial charge in [0.25, 0.3) is 5.91 Å². The highest BCUT2D eigenvalue weighted by molar-refractivity contribution is 7.21. The minimum Gasteiger partial charge on any atom is -0.318 e. The standard InChI is InChI=1S/C19H12Cl2F3N3O2S/c1-9(10-5-7-11(8-6-10)25-18(29)19(22,23)24)26-27-17(28)16-15(21)14-12(20)3-2-4-13(14)30-16/h2-8H,1H3,(H,25,29)(H,27,28). The van der Waals surface area contributed by atoms with Gasteiger partial charge in [-0.05, 0) is 36.8 Å². The molecule has 0 spiro atoms. The summed E-state index contributed by atoms with van der Waals surface area (Å²) in [6, 6.07) is 10.7. The van der Waals surface area contributed by atoms with E-state index >= 15 is 0 Å². The summed E-state index contributed by atoms with van der Waals surface area (Å²) in [7, 11) is 0. The fourth-order valence-electron chi connectivity index (χ4n) is 2.46. The van der Waals surface area contributed by atoms with E-state index in [1.807, 2.05) is 0 Å². The normalized spacial score (nSPS) is 12.1. The third kappa shape index (κ3) is 4.75. The number of carbonyl (C=O) groups excluding carboxylic acids is 2. The number of halogens is 5. The molecule has 5 nitrogen and oxygen atoms in total. The molecular weight excluding hydrogens is 462 g/mol. The molecule has 0 unspecified atom stereocenters. The maximum atomic E-state index is 12.5. The van der Waals surface area contributed by atoms with E-state index < -0.39 is 18.0 Å². The summed E-state index contributed by atoms with van der Waals surface area (Å²) in [6.45, 7) is 1.60. The Morgan fingerprint density at radius 1 is 1.07 bits per heavy atom. The number of amides is 2. The Bertz CT molecular complexity index is 1160. The number of alkyl halides is 3. The molecule has 2 aromatic carbocycles. The van der Waals surface area contributed by atoms with E-state index in [0.29, 0.717) is 21.7 Å². The summed E-state index contributed by atoms with van der Waals surface area (Å²) in [4.78, 5) is 23.7. The van der Waals surface area contributed by atoms with Gasteiger partial charge in [-0.15, -0.1) is 11.3 Å². The fraction of sp³-hybridized carbons (Fsp3) is 0.105. The Labute approximate surface area is 182 Å². The van der Waals surface area contributed by atoms with Gasteiger partial charge in [-0.25, -0.2) is 5.43 Å². The topological polar surface area (TPSA) is 70.6 Å². The molecule has 0 aliphatic rings. The summed E-state index contributed by atoms with van der Waals surface area (Å²) in [5.41, 5.74) is 3.31. The van der Waals surface area contributed by atoms with Crippen LogP contribution in [-0.2, 0) is 4.79 Å². The predicted molar refractivity (Wildman–Crippen MR) is 113 cm³/mol. The van der Waals surface area contributed by atoms with Gasteiger partial charge in [0.05, 0.1) is 15.8 Å². The molecule has 0 saturated carbocycles. The molecule has 2 amide bonds. The maximum absolute atomic E-state index is 12.5. The number of anilines is 1. The molecule has 3 aromatic rings. The van der Waals surface area contributed by atoms with Crippen molar-refractivity contribution >= 4 is 67.8 Å². The van der Waals surface area contributed by atoms with Crippen molar-refractivity contribution in [2.45, 2.75) is 13.1 Å². The molecule has 0 atom stereocenters. The molecule has 0 bridgehead atoms. The second kappa shape index (κ2) is 8.63. The van der Waals surface area contributed by atoms with Crippen LogP contribution in [0.25, 0.3) is 10.1 Å². The molecule has 11 heteroatoms. The van der Waals surface area contributed by atoms with Gasteiger partial charge in [0.1, 0.15) is 4.88 Å². The van der Waals surface area contributed by atoms with E-state index in [1.165, 1.54) is 35.6 Å². The van der Waals surface area contributed by atoms with Crippen molar-refractivity contribution in [3.8, 4) is 0 Å². The van der Waals surface area contributed by atoms with E-state index in [4.69, 9.17) is 23.2 Å². The van der Waals surface area contributed by atoms with Crippen molar-refractivity contribution in [2.24, 2.45) is 5.10 Å². The molecule has 0 aliphatic heterocycles. The monoisotopic (exact) mass is 473 g/mol. The average Bonchev–Trinajstić information content (AvgIpc) is 3.03. The minimum atomic E-state index is -4.97. The molecule has 2 N–H and O–H groups in total. The Balaban J connectivity index is 1.72. The van der Waals surface area contributed by atoms with Crippen LogP contribution in [0, 0.1) is 0 Å². The lowest BCUT2D eigenvalue weighted by molar-refractivity contribution is -0.167. The van der Waals surface area contributed by atoms with Crippen molar-refractivity contribution in [3.05, 3.63) is 63.0 Å². The zero-order valence-electron chi connectivity index (χ0n) is 15.1. The number of rotatable bonds is 4. The summed E-state index contributed by atoms with van der Waals surface area (Å²) in [5.74, 6) is -2.58. The Kier molecular flexibility index (Phi) is 6.35. The highest BCUT2D eigenvalue weighted by Gasteiger charge is 2.38. The molecule has 3 rings (SSSR count). The molecule has 156 valence electrons. The number of benzene rings is 2. The molecule has 0 saturated heterocycles. The third-order valence-corrected chi connectivity index (χ3v) is 5.91. The van der Waals surface area contributed by atoms with Crippen LogP contribution in [0.3, 0.4) is 0 Å². The molecule has 0 fully saturated rings. The van der Waals surface area contributed by atoms with Crippen molar-refractivity contribution in [3.63, 3.8) is 0 Å². The fourth-order valence-corrected chi connectivity index (χ4v) is 4.31. The molecule has 1 aromatic heterocycles. The summed E-state index contributed by atoms with van der Waals surface area (Å²) in [5, 5.41) is 7.00. The lowest BCUT2D eigenvalue weighted by Gasteiger charge is -2.08. The van der Waals surface area contributed by atoms with E-state index in [-0.39, 0.29) is 15.6 Å². The average molecular weight is 474 g/mol. The lowest BCUT2D eigenvalue weighted by Crippen LogP contribution is -2.29. The van der Waals surface area contributed by atoms with Gasteiger partial charge in [0.2, 0.25) is 0 Å². The van der Waals surface area contributed by atoms with Crippen LogP contribution < -0.4 is 10.7 Å². The van der Waals surface area contributed by atoms with Crippen molar-refractivity contribution in [2.75, 3.05) is 5.32 Å². The highest BCUT2D eigenvalue weighted by atomic mass is 35.5. The highest BCUT2D eigenvalue weighted by Crippen LogP contribution is 2.39. The van der Waals surface area contributed by atoms with Crippen LogP contribution >= 0.6 is 34.5 Å². The van der Waals surface area contributed by atoms with Crippen LogP contribution in [0.2, 0.25) is 10.0 Å². The summed E-state index contributed by atoms with van der Waals surface area (Å²) < 4.78 is 37.6. The van der Waals surface area contributed by atoms with Gasteiger partial charge in [-0.3, -0.25) is 9.59 Å². The zero-order valence-corrected chi connectivity index (χ0v) is 17.4. The van der Waals surface area contributed by atoms with Crippen LogP contribution in [0.4, 0.5) is 18.9 Å². The van der Waals surface area contributed by atoms with E-state index in [1.54, 1.807) is 30.4 Å². The molecule has 0 radical (unpaired) electrons. The van der Waals surface area contributed by atoms with Gasteiger partial charge in [-0.2, -0.15) is 18.3 Å². The lowest BCUT2D eigenvalue weighted by atomic mass is 10.1. The number of nitrogens with zero attached hydrogens (tertiary/aromatic N) is 1. The number of nitrogens with one attached hydrogen (secondary N) is 2. The van der Waals surface area contributed by atoms with Crippen molar-refractivity contribution < 1.29 is 22.8 Å². The maximum Gasteiger partial charge on any atom is 0.471 e. The van der Waals surface area contributed by atoms with E-state index in [0.717, 1.165) is 4.70 Å². The molecular formula is C19H12Cl2F3N3O2S. The first kappa shape index (κ1) is 22.1. The first-order valence-electron chi connectivity index (χ1n) is 8.27. The van der Waals surface area contributed by atoms with Crippen LogP contribution in [0.1, 0.15) is 22.2 Å². The first-order chi connectivity index (χ1) is 14.1. The van der Waals surface area contributed by atoms with Gasteiger partial charge >= 0.3 is 12.1 Å². The van der Waals surface area contributed by atoms with Crippen molar-refractivity contribution in [1.29, 1.82) is 0 Å². The summed E-state index contributed by atoms with van der Waals surface area (Å²) >= 11 is 13.6. The number of hydrogen-bond acceptors (Lipinski definition) is 4. The minimum absolute atomic E-state index is 0.0214. The van der Waals surface area contributed by atoms with Crippen LogP contribution in [0.5, 0.6) is 0 Å². The van der Waals surface area contributed by atoms with E-state index in [2.05, 4.69) is 10.5 Å². The van der Waals surface area contributed by atoms with E-state index in [9.17, 15) is 22.8 Å². The predicted octanol–water partition coefficient (Wildman–Crippen LogP) is 5.86. The second-order valence-electron chi connectivity index (χ2n) is 6.03. The van der Waals surface area contributed by atoms with Crippen LogP contribution in [-0.4, -0.2) is 23.7 Å². The smallest absolute Gasteiger partial charge is 0.318 e. The number of thiophene rings is 1. The zero-order chi connectivity index (χ0) is 22.1. The number of hydrazone groups is 1. The molecule has 1 heterocycles. The number of hydrogen-bond donors (Lipinski definition) is 2. The van der Waals surface area contributed by atoms with Crippen molar-refractivity contribution in [1.82, 2.24) is 5.43 Å². The van der Waals surface area contributed by atoms with Crippen LogP contribution in [0.15, 0.2) is 47.6 Å². The first-order valence-corrected chi connectivity index (χ1v) is 9.85. The molecule has 0 aliphatic carbocycles. The SMILES string of the molecule is CC(=NNC(=O)c1sc2cccc(Cl)c2c1Cl)c1ccc(NC(=O)C(F)(F)F)cc1. The number of carbonyl (C=O) groups is 2. The van der Waals surface area contributed by atoms with Gasteiger partial charge in [0.15, 0.2) is 0 Å². The quantitative estimate of drug-likeness (QED) is 0.367. The Hall–Kier alpha value is -2.62. The second-order valence-corrected chi connectivity index (χ2v) is 7.86. The van der Waals surface area contributed by atoms with Gasteiger partial charge < -0.3 is 5.32 Å². The van der Waals surface area contributed by atoms with Gasteiger partial charge in [0, 0.05) is 15.8 Å². The Morgan fingerprint density at radius 2 is 1.73 bits per heavy atom.